The molecule has 4 rings (SSSR count). The Balaban J connectivity index is 1.59. The summed E-state index contributed by atoms with van der Waals surface area (Å²) in [4.78, 5) is 4.84. The molecular formula is C26H36N2O3. The molecular weight excluding hydrogens is 388 g/mol. The molecule has 0 unspecified atom stereocenters. The molecule has 1 fully saturated rings. The Kier molecular flexibility index (Phi) is 6.73. The minimum absolute atomic E-state index is 0.123. The van der Waals surface area contributed by atoms with Gasteiger partial charge in [-0.2, -0.15) is 0 Å². The number of para-hydroxylation sites is 2. The number of hydrogen-bond acceptors (Lipinski definition) is 5. The second-order valence-corrected chi connectivity index (χ2v) is 9.40. The molecule has 2 aliphatic rings. The summed E-state index contributed by atoms with van der Waals surface area (Å²) in [6.45, 7) is 3.77. The zero-order chi connectivity index (χ0) is 21.8. The van der Waals surface area contributed by atoms with E-state index in [0.717, 1.165) is 67.8 Å². The highest BCUT2D eigenvalue weighted by Gasteiger charge is 2.41. The zero-order valence-electron chi connectivity index (χ0n) is 19.4. The fraction of sp³-hybridized carbons (Fsp3) is 0.538. The minimum atomic E-state index is -0.123. The largest absolute Gasteiger partial charge is 0.493 e. The molecule has 1 heterocycles. The fourth-order valence-electron chi connectivity index (χ4n) is 5.30. The first-order valence-corrected chi connectivity index (χ1v) is 11.4. The first kappa shape index (κ1) is 22.0. The van der Waals surface area contributed by atoms with Gasteiger partial charge in [0.25, 0.3) is 0 Å². The highest BCUT2D eigenvalue weighted by molar-refractivity contribution is 5.46. The van der Waals surface area contributed by atoms with Crippen molar-refractivity contribution in [1.82, 2.24) is 9.80 Å². The van der Waals surface area contributed by atoms with Crippen molar-refractivity contribution in [2.24, 2.45) is 5.92 Å². The summed E-state index contributed by atoms with van der Waals surface area (Å²) in [7, 11) is 7.76. The Morgan fingerprint density at radius 1 is 1.03 bits per heavy atom. The summed E-state index contributed by atoms with van der Waals surface area (Å²) in [5, 5.41) is 0. The monoisotopic (exact) mass is 424 g/mol. The predicted molar refractivity (Wildman–Crippen MR) is 124 cm³/mol. The van der Waals surface area contributed by atoms with Gasteiger partial charge in [0.2, 0.25) is 0 Å². The molecule has 1 aliphatic heterocycles. The lowest BCUT2D eigenvalue weighted by molar-refractivity contribution is -0.0115. The van der Waals surface area contributed by atoms with E-state index in [4.69, 9.17) is 14.2 Å². The molecule has 2 aromatic rings. The summed E-state index contributed by atoms with van der Waals surface area (Å²) < 4.78 is 18.0. The molecule has 1 aliphatic carbocycles. The number of rotatable bonds is 6. The van der Waals surface area contributed by atoms with Crippen LogP contribution >= 0.6 is 0 Å². The molecule has 2 aromatic carbocycles. The molecule has 5 heteroatoms. The number of ether oxygens (including phenoxy) is 3. The third kappa shape index (κ3) is 4.99. The van der Waals surface area contributed by atoms with Gasteiger partial charge in [-0.05, 0) is 57.8 Å². The summed E-state index contributed by atoms with van der Waals surface area (Å²) in [5.74, 6) is 3.42. The van der Waals surface area contributed by atoms with E-state index in [-0.39, 0.29) is 5.60 Å². The average molecular weight is 425 g/mol. The van der Waals surface area contributed by atoms with Crippen molar-refractivity contribution in [2.75, 3.05) is 41.4 Å². The van der Waals surface area contributed by atoms with Gasteiger partial charge in [-0.3, -0.25) is 4.90 Å². The zero-order valence-corrected chi connectivity index (χ0v) is 19.4. The molecule has 31 heavy (non-hydrogen) atoms. The summed E-state index contributed by atoms with van der Waals surface area (Å²) in [6, 6.07) is 14.7. The van der Waals surface area contributed by atoms with Crippen molar-refractivity contribution in [1.29, 1.82) is 0 Å². The second kappa shape index (κ2) is 9.49. The van der Waals surface area contributed by atoms with Crippen LogP contribution in [0.5, 0.6) is 17.2 Å². The standard InChI is InChI=1S/C26H36N2O3/c1-27(2)16-20-12-14-26(15-13-20)19-28(17-21-8-5-6-10-23(21)31-26)18-22-9-7-11-24(29-3)25(22)30-4/h5-11,20H,12-19H2,1-4H3. The van der Waals surface area contributed by atoms with Gasteiger partial charge in [-0.25, -0.2) is 0 Å². The summed E-state index contributed by atoms with van der Waals surface area (Å²) >= 11 is 0. The van der Waals surface area contributed by atoms with E-state index < -0.39 is 0 Å². The van der Waals surface area contributed by atoms with Gasteiger partial charge in [0.05, 0.1) is 14.2 Å². The van der Waals surface area contributed by atoms with Crippen molar-refractivity contribution in [3.63, 3.8) is 0 Å². The van der Waals surface area contributed by atoms with Crippen LogP contribution in [-0.4, -0.2) is 56.8 Å². The average Bonchev–Trinajstić information content (AvgIpc) is 2.91. The smallest absolute Gasteiger partial charge is 0.165 e. The van der Waals surface area contributed by atoms with Gasteiger partial charge >= 0.3 is 0 Å². The number of hydrogen-bond donors (Lipinski definition) is 0. The molecule has 0 atom stereocenters. The van der Waals surface area contributed by atoms with E-state index in [1.165, 1.54) is 18.4 Å². The minimum Gasteiger partial charge on any atom is -0.493 e. The Hall–Kier alpha value is -2.24. The maximum absolute atomic E-state index is 6.80. The van der Waals surface area contributed by atoms with Crippen LogP contribution in [0.3, 0.4) is 0 Å². The van der Waals surface area contributed by atoms with Gasteiger partial charge in [-0.1, -0.05) is 30.3 Å². The van der Waals surface area contributed by atoms with Crippen LogP contribution in [0.4, 0.5) is 0 Å². The molecule has 0 saturated heterocycles. The van der Waals surface area contributed by atoms with Crippen LogP contribution in [0, 0.1) is 5.92 Å². The Bertz CT molecular complexity index is 875. The van der Waals surface area contributed by atoms with E-state index >= 15 is 0 Å². The Morgan fingerprint density at radius 3 is 2.52 bits per heavy atom. The number of fused-ring (bicyclic) bond motifs is 1. The third-order valence-corrected chi connectivity index (χ3v) is 6.72. The van der Waals surface area contributed by atoms with Crippen LogP contribution in [0.15, 0.2) is 42.5 Å². The molecule has 0 radical (unpaired) electrons. The topological polar surface area (TPSA) is 34.2 Å². The van der Waals surface area contributed by atoms with Gasteiger partial charge in [0.1, 0.15) is 11.4 Å². The van der Waals surface area contributed by atoms with E-state index in [2.05, 4.69) is 54.2 Å². The van der Waals surface area contributed by atoms with Crippen molar-refractivity contribution in [3.8, 4) is 17.2 Å². The van der Waals surface area contributed by atoms with Crippen molar-refractivity contribution >= 4 is 0 Å². The van der Waals surface area contributed by atoms with Gasteiger partial charge in [0, 0.05) is 37.3 Å². The lowest BCUT2D eigenvalue weighted by Crippen LogP contribution is -2.48. The lowest BCUT2D eigenvalue weighted by Gasteiger charge is -2.42. The molecule has 1 saturated carbocycles. The van der Waals surface area contributed by atoms with Crippen LogP contribution < -0.4 is 14.2 Å². The lowest BCUT2D eigenvalue weighted by atomic mass is 9.78. The number of methoxy groups -OCH3 is 2. The maximum Gasteiger partial charge on any atom is 0.165 e. The number of benzene rings is 2. The Labute approximate surface area is 186 Å². The summed E-state index contributed by atoms with van der Waals surface area (Å²) in [6.07, 6.45) is 4.64. The van der Waals surface area contributed by atoms with E-state index in [1.807, 2.05) is 12.1 Å². The van der Waals surface area contributed by atoms with Crippen molar-refractivity contribution in [2.45, 2.75) is 44.4 Å². The maximum atomic E-state index is 6.80. The SMILES string of the molecule is COc1cccc(CN2Cc3ccccc3OC3(CCC(CN(C)C)CC3)C2)c1OC. The highest BCUT2D eigenvalue weighted by Crippen LogP contribution is 2.41. The predicted octanol–water partition coefficient (Wildman–Crippen LogP) is 4.59. The molecule has 0 N–H and O–H groups in total. The first-order chi connectivity index (χ1) is 15.0. The van der Waals surface area contributed by atoms with Crippen LogP contribution in [0.1, 0.15) is 36.8 Å². The van der Waals surface area contributed by atoms with Gasteiger partial charge in [-0.15, -0.1) is 0 Å². The normalized spacial score (nSPS) is 23.8. The molecule has 1 spiro atoms. The number of nitrogens with zero attached hydrogens (tertiary/aromatic N) is 2. The van der Waals surface area contributed by atoms with Crippen molar-refractivity contribution < 1.29 is 14.2 Å². The second-order valence-electron chi connectivity index (χ2n) is 9.40. The van der Waals surface area contributed by atoms with E-state index in [1.54, 1.807) is 14.2 Å². The Morgan fingerprint density at radius 2 is 1.81 bits per heavy atom. The van der Waals surface area contributed by atoms with E-state index in [0.29, 0.717) is 0 Å². The quantitative estimate of drug-likeness (QED) is 0.678. The third-order valence-electron chi connectivity index (χ3n) is 6.72. The first-order valence-electron chi connectivity index (χ1n) is 11.4. The molecule has 0 aromatic heterocycles. The highest BCUT2D eigenvalue weighted by atomic mass is 16.5. The van der Waals surface area contributed by atoms with Crippen molar-refractivity contribution in [3.05, 3.63) is 53.6 Å². The molecule has 0 bridgehead atoms. The van der Waals surface area contributed by atoms with Crippen LogP contribution in [0.25, 0.3) is 0 Å². The fourth-order valence-corrected chi connectivity index (χ4v) is 5.30. The molecule has 0 amide bonds. The molecule has 168 valence electrons. The molecule has 5 nitrogen and oxygen atoms in total. The van der Waals surface area contributed by atoms with Crippen LogP contribution in [0.2, 0.25) is 0 Å². The summed E-state index contributed by atoms with van der Waals surface area (Å²) in [5.41, 5.74) is 2.29. The van der Waals surface area contributed by atoms with Gasteiger partial charge in [0.15, 0.2) is 11.5 Å². The van der Waals surface area contributed by atoms with Crippen LogP contribution in [-0.2, 0) is 13.1 Å². The van der Waals surface area contributed by atoms with Gasteiger partial charge < -0.3 is 19.1 Å². The van der Waals surface area contributed by atoms with E-state index in [9.17, 15) is 0 Å².